The normalized spacial score (nSPS) is 12.8. The van der Waals surface area contributed by atoms with Crippen LogP contribution in [0, 0.1) is 0 Å². The van der Waals surface area contributed by atoms with Gasteiger partial charge in [-0.05, 0) is 18.6 Å². The molecule has 0 aliphatic heterocycles. The summed E-state index contributed by atoms with van der Waals surface area (Å²) in [6.45, 7) is 2.28. The van der Waals surface area contributed by atoms with Crippen molar-refractivity contribution >= 4 is 26.5 Å². The van der Waals surface area contributed by atoms with Crippen LogP contribution in [0.3, 0.4) is 0 Å². The van der Waals surface area contributed by atoms with Gasteiger partial charge in [-0.25, -0.2) is 0 Å². The number of ether oxygens (including phenoxy) is 1. The number of esters is 1. The molecule has 7 heteroatoms. The highest BCUT2D eigenvalue weighted by Crippen LogP contribution is 2.24. The molecule has 0 aromatic rings. The first-order chi connectivity index (χ1) is 15.6. The van der Waals surface area contributed by atoms with Crippen molar-refractivity contribution in [2.75, 3.05) is 34.2 Å². The van der Waals surface area contributed by atoms with E-state index in [1.54, 1.807) is 33.1 Å². The second-order valence-corrected chi connectivity index (χ2v) is 13.1. The fraction of sp³-hybridized carbons (Fsp3) is 0.960. The van der Waals surface area contributed by atoms with Crippen LogP contribution in [0.5, 0.6) is 0 Å². The molecule has 0 rings (SSSR count). The van der Waals surface area contributed by atoms with Crippen LogP contribution in [-0.2, 0) is 22.8 Å². The van der Waals surface area contributed by atoms with E-state index in [0.29, 0.717) is 0 Å². The zero-order valence-electron chi connectivity index (χ0n) is 21.8. The van der Waals surface area contributed by atoms with Crippen LogP contribution in [0.2, 0.25) is 6.04 Å². The maximum Gasteiger partial charge on any atom is 0.500 e. The third-order valence-corrected chi connectivity index (χ3v) is 10.4. The Kier molecular flexibility index (Phi) is 22.6. The molecule has 0 amide bonds. The molecule has 0 aliphatic carbocycles. The van der Waals surface area contributed by atoms with Gasteiger partial charge >= 0.3 is 14.8 Å². The van der Waals surface area contributed by atoms with Gasteiger partial charge in [0.1, 0.15) is 5.25 Å². The number of hydrogen-bond acceptors (Lipinski definition) is 6. The van der Waals surface area contributed by atoms with Crippen LogP contribution in [0.4, 0.5) is 0 Å². The number of carbonyl (C=O) groups excluding carboxylic acids is 1. The Balaban J connectivity index is 3.77. The van der Waals surface area contributed by atoms with E-state index in [0.717, 1.165) is 31.1 Å². The summed E-state index contributed by atoms with van der Waals surface area (Å²) in [7, 11) is 3.88. The second kappa shape index (κ2) is 22.7. The summed E-state index contributed by atoms with van der Waals surface area (Å²) in [5.74, 6) is 0.779. The standard InChI is InChI=1S/C25H52O5SSi/c1-6-7-8-9-10-11-12-13-14-15-16-17-18-19-21-24(25(26)27-2)31-22-20-23-32(28-3,29-4)30-5/h24H,6-23H2,1-5H3. The third-order valence-electron chi connectivity index (χ3n) is 6.16. The highest BCUT2D eigenvalue weighted by molar-refractivity contribution is 8.00. The smallest absolute Gasteiger partial charge is 0.468 e. The lowest BCUT2D eigenvalue weighted by molar-refractivity contribution is -0.140. The van der Waals surface area contributed by atoms with E-state index in [2.05, 4.69) is 6.92 Å². The van der Waals surface area contributed by atoms with E-state index >= 15 is 0 Å². The van der Waals surface area contributed by atoms with Crippen LogP contribution in [0.15, 0.2) is 0 Å². The predicted molar refractivity (Wildman–Crippen MR) is 139 cm³/mol. The van der Waals surface area contributed by atoms with E-state index in [-0.39, 0.29) is 11.2 Å². The molecule has 0 aromatic heterocycles. The fourth-order valence-corrected chi connectivity index (χ4v) is 7.13. The highest BCUT2D eigenvalue weighted by atomic mass is 32.2. The topological polar surface area (TPSA) is 54.0 Å². The second-order valence-electron chi connectivity index (χ2n) is 8.67. The van der Waals surface area contributed by atoms with Crippen LogP contribution in [0.1, 0.15) is 110 Å². The lowest BCUT2D eigenvalue weighted by Crippen LogP contribution is -2.42. The third kappa shape index (κ3) is 16.5. The Morgan fingerprint density at radius 1 is 0.688 bits per heavy atom. The number of thioether (sulfide) groups is 1. The van der Waals surface area contributed by atoms with Crippen molar-refractivity contribution in [3.05, 3.63) is 0 Å². The van der Waals surface area contributed by atoms with Gasteiger partial charge in [0.05, 0.1) is 7.11 Å². The van der Waals surface area contributed by atoms with Gasteiger partial charge in [0, 0.05) is 27.4 Å². The maximum atomic E-state index is 12.1. The van der Waals surface area contributed by atoms with E-state index < -0.39 is 8.80 Å². The Morgan fingerprint density at radius 2 is 1.12 bits per heavy atom. The fourth-order valence-electron chi connectivity index (χ4n) is 4.00. The van der Waals surface area contributed by atoms with Crippen LogP contribution in [0.25, 0.3) is 0 Å². The number of methoxy groups -OCH3 is 1. The minimum absolute atomic E-state index is 0.0685. The van der Waals surface area contributed by atoms with E-state index in [1.165, 1.54) is 90.6 Å². The maximum absolute atomic E-state index is 12.1. The summed E-state index contributed by atoms with van der Waals surface area (Å²) in [6, 6.07) is 0.760. The Hall–Kier alpha value is -0.0831. The number of unbranched alkanes of at least 4 members (excludes halogenated alkanes) is 13. The van der Waals surface area contributed by atoms with E-state index in [1.807, 2.05) is 0 Å². The number of carbonyl (C=O) groups is 1. The first-order valence-corrected chi connectivity index (χ1v) is 15.9. The van der Waals surface area contributed by atoms with Crippen molar-refractivity contribution in [3.8, 4) is 0 Å². The minimum atomic E-state index is -2.52. The van der Waals surface area contributed by atoms with Gasteiger partial charge in [-0.1, -0.05) is 96.8 Å². The molecule has 0 fully saturated rings. The summed E-state index contributed by atoms with van der Waals surface area (Å²) in [5, 5.41) is -0.0685. The predicted octanol–water partition coefficient (Wildman–Crippen LogP) is 7.40. The van der Waals surface area contributed by atoms with Crippen molar-refractivity contribution < 1.29 is 22.8 Å². The van der Waals surface area contributed by atoms with Crippen LogP contribution < -0.4 is 0 Å². The van der Waals surface area contributed by atoms with Crippen molar-refractivity contribution in [2.45, 2.75) is 121 Å². The number of rotatable bonds is 24. The molecule has 1 unspecified atom stereocenters. The summed E-state index contributed by atoms with van der Waals surface area (Å²) in [5.41, 5.74) is 0. The van der Waals surface area contributed by atoms with Gasteiger partial charge in [0.15, 0.2) is 0 Å². The molecule has 0 N–H and O–H groups in total. The average Bonchev–Trinajstić information content (AvgIpc) is 2.82. The first-order valence-electron chi connectivity index (χ1n) is 12.9. The Labute approximate surface area is 204 Å². The van der Waals surface area contributed by atoms with Crippen LogP contribution >= 0.6 is 11.8 Å². The largest absolute Gasteiger partial charge is 0.500 e. The van der Waals surface area contributed by atoms with Gasteiger partial charge in [-0.2, -0.15) is 0 Å². The van der Waals surface area contributed by atoms with Gasteiger partial charge in [-0.15, -0.1) is 11.8 Å². The monoisotopic (exact) mass is 492 g/mol. The molecule has 0 aromatic carbocycles. The molecule has 192 valence electrons. The molecule has 5 nitrogen and oxygen atoms in total. The molecular weight excluding hydrogens is 440 g/mol. The minimum Gasteiger partial charge on any atom is -0.468 e. The SMILES string of the molecule is CCCCCCCCCCCCCCCCC(SCCC[Si](OC)(OC)OC)C(=O)OC. The number of hydrogen-bond donors (Lipinski definition) is 0. The summed E-state index contributed by atoms with van der Waals surface area (Å²) >= 11 is 1.69. The molecule has 1 atom stereocenters. The molecule has 0 heterocycles. The first kappa shape index (κ1) is 31.9. The molecule has 0 radical (unpaired) electrons. The molecular formula is C25H52O5SSi. The lowest BCUT2D eigenvalue weighted by atomic mass is 10.0. The van der Waals surface area contributed by atoms with E-state index in [9.17, 15) is 4.79 Å². The molecule has 0 aliphatic rings. The van der Waals surface area contributed by atoms with Crippen molar-refractivity contribution in [1.29, 1.82) is 0 Å². The Bertz CT molecular complexity index is 413. The molecule has 0 saturated heterocycles. The van der Waals surface area contributed by atoms with E-state index in [4.69, 9.17) is 18.0 Å². The summed E-state index contributed by atoms with van der Waals surface area (Å²) in [4.78, 5) is 12.1. The summed E-state index contributed by atoms with van der Waals surface area (Å²) < 4.78 is 21.4. The zero-order chi connectivity index (χ0) is 23.9. The molecule has 0 bridgehead atoms. The van der Waals surface area contributed by atoms with Crippen LogP contribution in [-0.4, -0.2) is 54.2 Å². The van der Waals surface area contributed by atoms with Crippen molar-refractivity contribution in [2.24, 2.45) is 0 Å². The molecule has 0 spiro atoms. The molecule has 32 heavy (non-hydrogen) atoms. The van der Waals surface area contributed by atoms with Gasteiger partial charge in [0.25, 0.3) is 0 Å². The van der Waals surface area contributed by atoms with Crippen molar-refractivity contribution in [3.63, 3.8) is 0 Å². The lowest BCUT2D eigenvalue weighted by Gasteiger charge is -2.24. The summed E-state index contributed by atoms with van der Waals surface area (Å²) in [6.07, 6.45) is 20.7. The zero-order valence-corrected chi connectivity index (χ0v) is 23.6. The van der Waals surface area contributed by atoms with Gasteiger partial charge in [-0.3, -0.25) is 4.79 Å². The van der Waals surface area contributed by atoms with Gasteiger partial charge < -0.3 is 18.0 Å². The Morgan fingerprint density at radius 3 is 1.53 bits per heavy atom. The van der Waals surface area contributed by atoms with Gasteiger partial charge in [0.2, 0.25) is 0 Å². The quantitative estimate of drug-likeness (QED) is 0.0794. The highest BCUT2D eigenvalue weighted by Gasteiger charge is 2.37. The molecule has 0 saturated carbocycles. The van der Waals surface area contributed by atoms with Crippen molar-refractivity contribution in [1.82, 2.24) is 0 Å². The average molecular weight is 493 g/mol.